The van der Waals surface area contributed by atoms with E-state index in [0.717, 1.165) is 31.2 Å². The molecule has 0 spiro atoms. The van der Waals surface area contributed by atoms with Gasteiger partial charge in [-0.1, -0.05) is 43.7 Å². The van der Waals surface area contributed by atoms with E-state index in [1.165, 1.54) is 0 Å². The molecule has 0 aromatic heterocycles. The van der Waals surface area contributed by atoms with E-state index in [2.05, 4.69) is 5.32 Å². The lowest BCUT2D eigenvalue weighted by molar-refractivity contribution is -0.139. The Morgan fingerprint density at radius 2 is 2.00 bits per heavy atom. The fourth-order valence-electron chi connectivity index (χ4n) is 3.08. The summed E-state index contributed by atoms with van der Waals surface area (Å²) in [6.07, 6.45) is 3.26. The summed E-state index contributed by atoms with van der Waals surface area (Å²) in [6, 6.07) is 9.04. The van der Waals surface area contributed by atoms with Gasteiger partial charge in [-0.15, -0.1) is 0 Å². The third-order valence-corrected chi connectivity index (χ3v) is 4.68. The van der Waals surface area contributed by atoms with E-state index in [-0.39, 0.29) is 24.5 Å². The van der Waals surface area contributed by atoms with Gasteiger partial charge in [-0.25, -0.2) is 4.79 Å². The van der Waals surface area contributed by atoms with E-state index in [1.807, 2.05) is 37.3 Å². The maximum Gasteiger partial charge on any atom is 0.407 e. The number of amides is 1. The average molecular weight is 305 g/mol. The molecule has 1 saturated carbocycles. The van der Waals surface area contributed by atoms with Crippen LogP contribution in [0, 0.1) is 5.41 Å². The Labute approximate surface area is 130 Å². The van der Waals surface area contributed by atoms with E-state index < -0.39 is 12.1 Å². The Morgan fingerprint density at radius 3 is 2.50 bits per heavy atom. The first kappa shape index (κ1) is 16.3. The van der Waals surface area contributed by atoms with Crippen LogP contribution in [0.5, 0.6) is 0 Å². The van der Waals surface area contributed by atoms with Crippen molar-refractivity contribution in [1.29, 1.82) is 0 Å². The van der Waals surface area contributed by atoms with Crippen LogP contribution in [-0.2, 0) is 16.1 Å². The monoisotopic (exact) mass is 305 g/mol. The molecule has 22 heavy (non-hydrogen) atoms. The number of benzene rings is 1. The molecule has 0 saturated heterocycles. The van der Waals surface area contributed by atoms with Crippen molar-refractivity contribution in [3.8, 4) is 0 Å². The predicted molar refractivity (Wildman–Crippen MR) is 82.4 cm³/mol. The summed E-state index contributed by atoms with van der Waals surface area (Å²) < 4.78 is 5.21. The number of ether oxygens (including phenoxy) is 1. The number of carboxylic acids is 1. The van der Waals surface area contributed by atoms with E-state index in [4.69, 9.17) is 9.84 Å². The first-order valence-electron chi connectivity index (χ1n) is 7.75. The highest BCUT2D eigenvalue weighted by molar-refractivity contribution is 5.71. The molecule has 1 aromatic carbocycles. The summed E-state index contributed by atoms with van der Waals surface area (Å²) in [5.74, 6) is -0.895. The maximum atomic E-state index is 12.0. The third kappa shape index (κ3) is 4.00. The molecule has 1 atom stereocenters. The SMILES string of the molecule is CCC1(C(CC(=O)O)NC(=O)OCc2ccccc2)CCC1. The lowest BCUT2D eigenvalue weighted by Crippen LogP contribution is -2.52. The molecular weight excluding hydrogens is 282 g/mol. The van der Waals surface area contributed by atoms with Gasteiger partial charge in [0.1, 0.15) is 6.61 Å². The van der Waals surface area contributed by atoms with Crippen LogP contribution in [0.15, 0.2) is 30.3 Å². The van der Waals surface area contributed by atoms with Crippen molar-refractivity contribution in [3.05, 3.63) is 35.9 Å². The van der Waals surface area contributed by atoms with Crippen LogP contribution in [-0.4, -0.2) is 23.2 Å². The van der Waals surface area contributed by atoms with E-state index in [0.29, 0.717) is 0 Å². The molecule has 1 aromatic rings. The predicted octanol–water partition coefficient (Wildman–Crippen LogP) is 3.34. The Hall–Kier alpha value is -2.04. The highest BCUT2D eigenvalue weighted by Gasteiger charge is 2.44. The van der Waals surface area contributed by atoms with Gasteiger partial charge in [-0.3, -0.25) is 4.79 Å². The van der Waals surface area contributed by atoms with Gasteiger partial charge in [-0.05, 0) is 30.2 Å². The Kier molecular flexibility index (Phi) is 5.41. The minimum Gasteiger partial charge on any atom is -0.481 e. The molecule has 2 rings (SSSR count). The van der Waals surface area contributed by atoms with Crippen LogP contribution < -0.4 is 5.32 Å². The zero-order chi connectivity index (χ0) is 16.0. The third-order valence-electron chi connectivity index (χ3n) is 4.68. The van der Waals surface area contributed by atoms with Crippen LogP contribution in [0.3, 0.4) is 0 Å². The van der Waals surface area contributed by atoms with Gasteiger partial charge >= 0.3 is 12.1 Å². The second kappa shape index (κ2) is 7.29. The summed E-state index contributed by atoms with van der Waals surface area (Å²) in [7, 11) is 0. The fraction of sp³-hybridized carbons (Fsp3) is 0.529. The Bertz CT molecular complexity index is 505. The van der Waals surface area contributed by atoms with Crippen molar-refractivity contribution in [2.24, 2.45) is 5.41 Å². The molecule has 1 aliphatic carbocycles. The zero-order valence-corrected chi connectivity index (χ0v) is 12.9. The lowest BCUT2D eigenvalue weighted by atomic mass is 9.61. The van der Waals surface area contributed by atoms with Crippen molar-refractivity contribution < 1.29 is 19.4 Å². The molecule has 0 heterocycles. The van der Waals surface area contributed by atoms with Crippen molar-refractivity contribution in [1.82, 2.24) is 5.32 Å². The smallest absolute Gasteiger partial charge is 0.407 e. The van der Waals surface area contributed by atoms with E-state index in [9.17, 15) is 9.59 Å². The van der Waals surface area contributed by atoms with Crippen molar-refractivity contribution >= 4 is 12.1 Å². The zero-order valence-electron chi connectivity index (χ0n) is 12.9. The largest absolute Gasteiger partial charge is 0.481 e. The molecule has 1 amide bonds. The van der Waals surface area contributed by atoms with Crippen molar-refractivity contribution in [2.45, 2.75) is 51.7 Å². The quantitative estimate of drug-likeness (QED) is 0.810. The van der Waals surface area contributed by atoms with Crippen LogP contribution in [0.1, 0.15) is 44.6 Å². The number of alkyl carbamates (subject to hydrolysis) is 1. The molecular formula is C17H23NO4. The molecule has 5 nitrogen and oxygen atoms in total. The Morgan fingerprint density at radius 1 is 1.32 bits per heavy atom. The molecule has 1 aliphatic rings. The number of aliphatic carboxylic acids is 1. The molecule has 1 fully saturated rings. The second-order valence-electron chi connectivity index (χ2n) is 5.93. The number of carboxylic acid groups (broad SMARTS) is 1. The van der Waals surface area contributed by atoms with Crippen LogP contribution in [0.4, 0.5) is 4.79 Å². The van der Waals surface area contributed by atoms with E-state index >= 15 is 0 Å². The molecule has 2 N–H and O–H groups in total. The maximum absolute atomic E-state index is 12.0. The Balaban J connectivity index is 1.92. The normalized spacial score (nSPS) is 17.1. The first-order valence-corrected chi connectivity index (χ1v) is 7.75. The number of nitrogens with one attached hydrogen (secondary N) is 1. The summed E-state index contributed by atoms with van der Waals surface area (Å²) in [6.45, 7) is 2.23. The van der Waals surface area contributed by atoms with Gasteiger partial charge in [0.2, 0.25) is 0 Å². The molecule has 120 valence electrons. The average Bonchev–Trinajstić information content (AvgIpc) is 2.45. The number of hydrogen-bond donors (Lipinski definition) is 2. The number of hydrogen-bond acceptors (Lipinski definition) is 3. The molecule has 5 heteroatoms. The van der Waals surface area contributed by atoms with Crippen molar-refractivity contribution in [3.63, 3.8) is 0 Å². The minimum absolute atomic E-state index is 0.0612. The summed E-state index contributed by atoms with van der Waals surface area (Å²) in [5.41, 5.74) is 0.811. The standard InChI is InChI=1S/C17H23NO4/c1-2-17(9-6-10-17)14(11-15(19)20)18-16(21)22-12-13-7-4-3-5-8-13/h3-5,7-8,14H,2,6,9-12H2,1H3,(H,18,21)(H,19,20). The van der Waals surface area contributed by atoms with Crippen LogP contribution in [0.25, 0.3) is 0 Å². The molecule has 1 unspecified atom stereocenters. The van der Waals surface area contributed by atoms with E-state index in [1.54, 1.807) is 0 Å². The van der Waals surface area contributed by atoms with Crippen LogP contribution >= 0.6 is 0 Å². The molecule has 0 bridgehead atoms. The highest BCUT2D eigenvalue weighted by atomic mass is 16.5. The van der Waals surface area contributed by atoms with Crippen LogP contribution in [0.2, 0.25) is 0 Å². The van der Waals surface area contributed by atoms with Crippen molar-refractivity contribution in [2.75, 3.05) is 0 Å². The minimum atomic E-state index is -0.895. The molecule has 0 aliphatic heterocycles. The van der Waals surface area contributed by atoms with Gasteiger partial charge in [0, 0.05) is 6.04 Å². The van der Waals surface area contributed by atoms with Gasteiger partial charge in [-0.2, -0.15) is 0 Å². The second-order valence-corrected chi connectivity index (χ2v) is 5.93. The van der Waals surface area contributed by atoms with Gasteiger partial charge < -0.3 is 15.2 Å². The topological polar surface area (TPSA) is 75.6 Å². The summed E-state index contributed by atoms with van der Waals surface area (Å²) >= 11 is 0. The van der Waals surface area contributed by atoms with Gasteiger partial charge in [0.05, 0.1) is 6.42 Å². The van der Waals surface area contributed by atoms with Gasteiger partial charge in [0.25, 0.3) is 0 Å². The fourth-order valence-corrected chi connectivity index (χ4v) is 3.08. The van der Waals surface area contributed by atoms with Gasteiger partial charge in [0.15, 0.2) is 0 Å². The summed E-state index contributed by atoms with van der Waals surface area (Å²) in [5, 5.41) is 11.9. The summed E-state index contributed by atoms with van der Waals surface area (Å²) in [4.78, 5) is 23.1. The number of carbonyl (C=O) groups is 2. The lowest BCUT2D eigenvalue weighted by Gasteiger charge is -2.47. The first-order chi connectivity index (χ1) is 10.6. The number of rotatable bonds is 7. The number of carbonyl (C=O) groups excluding carboxylic acids is 1. The molecule has 0 radical (unpaired) electrons. The highest BCUT2D eigenvalue weighted by Crippen LogP contribution is 2.47.